The van der Waals surface area contributed by atoms with Crippen LogP contribution in [0.3, 0.4) is 0 Å². The van der Waals surface area contributed by atoms with E-state index in [0.717, 1.165) is 12.2 Å². The van der Waals surface area contributed by atoms with E-state index in [1.807, 2.05) is 18.2 Å². The van der Waals surface area contributed by atoms with Gasteiger partial charge in [-0.2, -0.15) is 0 Å². The Bertz CT molecular complexity index is 566. The van der Waals surface area contributed by atoms with E-state index in [0.29, 0.717) is 12.2 Å². The number of rotatable bonds is 7. The molecule has 2 aromatic rings. The zero-order valence-electron chi connectivity index (χ0n) is 11.7. The quantitative estimate of drug-likeness (QED) is 0.819. The molecular weight excluding hydrogens is 266 g/mol. The van der Waals surface area contributed by atoms with Crippen molar-refractivity contribution < 1.29 is 14.6 Å². The lowest BCUT2D eigenvalue weighted by Gasteiger charge is -2.11. The lowest BCUT2D eigenvalue weighted by atomic mass is 9.99. The molecule has 0 saturated heterocycles. The molecule has 2 rings (SSSR count). The molecule has 1 unspecified atom stereocenters. The van der Waals surface area contributed by atoms with Crippen LogP contribution in [0.2, 0.25) is 0 Å². The fourth-order valence-corrected chi connectivity index (χ4v) is 2.11. The van der Waals surface area contributed by atoms with Gasteiger partial charge in [-0.25, -0.2) is 0 Å². The van der Waals surface area contributed by atoms with Crippen molar-refractivity contribution in [3.8, 4) is 5.75 Å². The Morgan fingerprint density at radius 3 is 2.33 bits per heavy atom. The maximum absolute atomic E-state index is 11.0. The highest BCUT2D eigenvalue weighted by atomic mass is 16.5. The molecule has 1 atom stereocenters. The van der Waals surface area contributed by atoms with Crippen molar-refractivity contribution >= 4 is 5.97 Å². The van der Waals surface area contributed by atoms with Crippen LogP contribution < -0.4 is 10.5 Å². The van der Waals surface area contributed by atoms with Gasteiger partial charge >= 0.3 is 5.97 Å². The number of hydrogen-bond donors (Lipinski definition) is 2. The van der Waals surface area contributed by atoms with Gasteiger partial charge in [0.2, 0.25) is 0 Å². The summed E-state index contributed by atoms with van der Waals surface area (Å²) in [5.41, 5.74) is 7.40. The third kappa shape index (κ3) is 4.33. The van der Waals surface area contributed by atoms with E-state index in [2.05, 4.69) is 12.1 Å². The largest absolute Gasteiger partial charge is 0.493 e. The fraction of sp³-hybridized carbons (Fsp3) is 0.235. The normalized spacial score (nSPS) is 11.9. The molecule has 0 aromatic heterocycles. The van der Waals surface area contributed by atoms with Crippen LogP contribution in [-0.4, -0.2) is 24.2 Å². The predicted molar refractivity (Wildman–Crippen MR) is 81.5 cm³/mol. The third-order valence-electron chi connectivity index (χ3n) is 3.32. The topological polar surface area (TPSA) is 72.6 Å². The molecule has 0 spiro atoms. The van der Waals surface area contributed by atoms with Crippen LogP contribution in [0.25, 0.3) is 0 Å². The van der Waals surface area contributed by atoms with Gasteiger partial charge in [-0.15, -0.1) is 0 Å². The zero-order valence-corrected chi connectivity index (χ0v) is 11.7. The predicted octanol–water partition coefficient (Wildman–Crippen LogP) is 2.44. The Kier molecular flexibility index (Phi) is 5.35. The Balaban J connectivity index is 1.89. The van der Waals surface area contributed by atoms with Gasteiger partial charge in [-0.05, 0) is 23.3 Å². The highest BCUT2D eigenvalue weighted by molar-refractivity contribution is 5.76. The number of carboxylic acid groups (broad SMARTS) is 1. The Morgan fingerprint density at radius 2 is 1.76 bits per heavy atom. The highest BCUT2D eigenvalue weighted by Crippen LogP contribution is 2.19. The minimum atomic E-state index is -0.907. The summed E-state index contributed by atoms with van der Waals surface area (Å²) in [5.74, 6) is -0.838. The molecular formula is C17H19NO3. The molecule has 0 fully saturated rings. The van der Waals surface area contributed by atoms with Crippen molar-refractivity contribution in [1.29, 1.82) is 0 Å². The van der Waals surface area contributed by atoms with E-state index >= 15 is 0 Å². The van der Waals surface area contributed by atoms with E-state index in [9.17, 15) is 4.79 Å². The highest BCUT2D eigenvalue weighted by Gasteiger charge is 2.17. The molecule has 0 heterocycles. The van der Waals surface area contributed by atoms with Gasteiger partial charge in [-0.1, -0.05) is 42.5 Å². The number of ether oxygens (including phenoxy) is 1. The molecule has 4 heteroatoms. The first-order valence-electron chi connectivity index (χ1n) is 6.90. The average Bonchev–Trinajstić information content (AvgIpc) is 2.50. The van der Waals surface area contributed by atoms with E-state index in [4.69, 9.17) is 15.6 Å². The number of carboxylic acids is 1. The molecule has 0 bridgehead atoms. The smallest absolute Gasteiger partial charge is 0.312 e. The molecule has 110 valence electrons. The summed E-state index contributed by atoms with van der Waals surface area (Å²) in [7, 11) is 0. The second kappa shape index (κ2) is 7.45. The average molecular weight is 285 g/mol. The molecule has 0 aliphatic carbocycles. The molecule has 4 nitrogen and oxygen atoms in total. The number of aliphatic carboxylic acids is 1. The maximum Gasteiger partial charge on any atom is 0.312 e. The van der Waals surface area contributed by atoms with Crippen LogP contribution in [0.15, 0.2) is 54.6 Å². The Labute approximate surface area is 124 Å². The van der Waals surface area contributed by atoms with Gasteiger partial charge in [0.15, 0.2) is 0 Å². The van der Waals surface area contributed by atoms with Crippen LogP contribution in [0.5, 0.6) is 5.75 Å². The molecule has 3 N–H and O–H groups in total. The molecule has 0 amide bonds. The lowest BCUT2D eigenvalue weighted by molar-refractivity contribution is -0.138. The first-order chi connectivity index (χ1) is 10.2. The van der Waals surface area contributed by atoms with Crippen molar-refractivity contribution in [2.45, 2.75) is 12.3 Å². The summed E-state index contributed by atoms with van der Waals surface area (Å²) < 4.78 is 5.66. The second-order valence-electron chi connectivity index (χ2n) is 4.78. The van der Waals surface area contributed by atoms with Gasteiger partial charge in [0.25, 0.3) is 0 Å². The molecule has 0 saturated carbocycles. The fourth-order valence-electron chi connectivity index (χ4n) is 2.11. The summed E-state index contributed by atoms with van der Waals surface area (Å²) in [6, 6.07) is 17.2. The minimum Gasteiger partial charge on any atom is -0.493 e. The van der Waals surface area contributed by atoms with Crippen molar-refractivity contribution in [3.05, 3.63) is 65.7 Å². The number of carbonyl (C=O) groups is 1. The van der Waals surface area contributed by atoms with Crippen LogP contribution in [0, 0.1) is 0 Å². The molecule has 0 aliphatic heterocycles. The van der Waals surface area contributed by atoms with Crippen LogP contribution >= 0.6 is 0 Å². The standard InChI is InChI=1S/C17H19NO3/c18-12-16(17(19)20)14-6-8-15(9-7-14)21-11-10-13-4-2-1-3-5-13/h1-9,16H,10-12,18H2,(H,19,20). The van der Waals surface area contributed by atoms with Gasteiger partial charge in [0, 0.05) is 13.0 Å². The second-order valence-corrected chi connectivity index (χ2v) is 4.78. The molecule has 0 aliphatic rings. The van der Waals surface area contributed by atoms with Crippen molar-refractivity contribution in [3.63, 3.8) is 0 Å². The van der Waals surface area contributed by atoms with E-state index in [1.165, 1.54) is 5.56 Å². The van der Waals surface area contributed by atoms with Crippen molar-refractivity contribution in [1.82, 2.24) is 0 Å². The van der Waals surface area contributed by atoms with Gasteiger partial charge in [0.1, 0.15) is 5.75 Å². The summed E-state index contributed by atoms with van der Waals surface area (Å²) in [6.45, 7) is 0.673. The van der Waals surface area contributed by atoms with Crippen LogP contribution in [0.1, 0.15) is 17.0 Å². The monoisotopic (exact) mass is 285 g/mol. The number of hydrogen-bond acceptors (Lipinski definition) is 3. The van der Waals surface area contributed by atoms with E-state index in [-0.39, 0.29) is 6.54 Å². The molecule has 0 radical (unpaired) electrons. The van der Waals surface area contributed by atoms with Gasteiger partial charge in [-0.3, -0.25) is 4.79 Å². The third-order valence-corrected chi connectivity index (χ3v) is 3.32. The number of nitrogens with two attached hydrogens (primary N) is 1. The Hall–Kier alpha value is -2.33. The van der Waals surface area contributed by atoms with Crippen molar-refractivity contribution in [2.24, 2.45) is 5.73 Å². The first kappa shape index (κ1) is 15.1. The number of benzene rings is 2. The van der Waals surface area contributed by atoms with Crippen LogP contribution in [-0.2, 0) is 11.2 Å². The zero-order chi connectivity index (χ0) is 15.1. The molecule has 2 aromatic carbocycles. The maximum atomic E-state index is 11.0. The summed E-state index contributed by atoms with van der Waals surface area (Å²) in [5, 5.41) is 9.05. The van der Waals surface area contributed by atoms with E-state index < -0.39 is 11.9 Å². The summed E-state index contributed by atoms with van der Waals surface area (Å²) in [4.78, 5) is 11.0. The van der Waals surface area contributed by atoms with Gasteiger partial charge in [0.05, 0.1) is 12.5 Å². The van der Waals surface area contributed by atoms with Crippen LogP contribution in [0.4, 0.5) is 0 Å². The summed E-state index contributed by atoms with van der Waals surface area (Å²) in [6.07, 6.45) is 0.836. The summed E-state index contributed by atoms with van der Waals surface area (Å²) >= 11 is 0. The lowest BCUT2D eigenvalue weighted by Crippen LogP contribution is -2.20. The Morgan fingerprint density at radius 1 is 1.10 bits per heavy atom. The van der Waals surface area contributed by atoms with E-state index in [1.54, 1.807) is 24.3 Å². The van der Waals surface area contributed by atoms with Gasteiger partial charge < -0.3 is 15.6 Å². The van der Waals surface area contributed by atoms with Crippen molar-refractivity contribution in [2.75, 3.05) is 13.2 Å². The SMILES string of the molecule is NCC(C(=O)O)c1ccc(OCCc2ccccc2)cc1. The minimum absolute atomic E-state index is 0.0868. The molecule has 21 heavy (non-hydrogen) atoms. The first-order valence-corrected chi connectivity index (χ1v) is 6.90.